The highest BCUT2D eigenvalue weighted by atomic mass is 16.5. The monoisotopic (exact) mass is 432 g/mol. The van der Waals surface area contributed by atoms with E-state index >= 15 is 0 Å². The molecule has 0 bridgehead atoms. The Hall–Kier alpha value is -3.81. The van der Waals surface area contributed by atoms with Gasteiger partial charge in [0.15, 0.2) is 0 Å². The van der Waals surface area contributed by atoms with Gasteiger partial charge in [-0.05, 0) is 55.3 Å². The summed E-state index contributed by atoms with van der Waals surface area (Å²) in [4.78, 5) is 42.1. The van der Waals surface area contributed by atoms with E-state index in [0.29, 0.717) is 36.3 Å². The van der Waals surface area contributed by atoms with Crippen molar-refractivity contribution >= 4 is 34.5 Å². The number of H-pyrrole nitrogens is 1. The zero-order valence-corrected chi connectivity index (χ0v) is 17.7. The molecule has 0 atom stereocenters. The van der Waals surface area contributed by atoms with Crippen LogP contribution < -0.4 is 10.6 Å². The third-order valence-electron chi connectivity index (χ3n) is 5.99. The number of methoxy groups -OCH3 is 1. The van der Waals surface area contributed by atoms with Crippen LogP contribution in [0.3, 0.4) is 0 Å². The molecule has 2 aromatic carbocycles. The van der Waals surface area contributed by atoms with Crippen LogP contribution in [0.15, 0.2) is 42.5 Å². The van der Waals surface area contributed by atoms with Crippen LogP contribution >= 0.6 is 0 Å². The summed E-state index contributed by atoms with van der Waals surface area (Å²) in [6, 6.07) is 12.4. The number of hydrogen-bond donors (Lipinski definition) is 3. The summed E-state index contributed by atoms with van der Waals surface area (Å²) in [6.07, 6.45) is 2.77. The van der Waals surface area contributed by atoms with Crippen molar-refractivity contribution < 1.29 is 19.1 Å². The number of carbonyl (C=O) groups excluding carboxylic acids is 3. The lowest BCUT2D eigenvalue weighted by Crippen LogP contribution is -2.35. The van der Waals surface area contributed by atoms with E-state index in [0.717, 1.165) is 35.0 Å². The molecule has 1 fully saturated rings. The number of ether oxygens (including phenoxy) is 1. The molecule has 0 radical (unpaired) electrons. The zero-order valence-electron chi connectivity index (χ0n) is 17.7. The molecular weight excluding hydrogens is 408 g/mol. The Balaban J connectivity index is 1.31. The predicted molar refractivity (Wildman–Crippen MR) is 120 cm³/mol. The molecule has 32 heavy (non-hydrogen) atoms. The molecule has 0 unspecified atom stereocenters. The number of rotatable bonds is 4. The largest absolute Gasteiger partial charge is 0.465 e. The lowest BCUT2D eigenvalue weighted by molar-refractivity contribution is 0.0600. The number of nitrogens with zero attached hydrogens (tertiary/aromatic N) is 1. The summed E-state index contributed by atoms with van der Waals surface area (Å²) in [5, 5.41) is 6.59. The van der Waals surface area contributed by atoms with Crippen LogP contribution in [0.2, 0.25) is 0 Å². The lowest BCUT2D eigenvalue weighted by Gasteiger charge is -2.27. The van der Waals surface area contributed by atoms with Crippen molar-refractivity contribution in [3.8, 4) is 0 Å². The Kier molecular flexibility index (Phi) is 5.05. The predicted octanol–water partition coefficient (Wildman–Crippen LogP) is 3.44. The molecule has 2 aliphatic rings. The third kappa shape index (κ3) is 3.91. The third-order valence-corrected chi connectivity index (χ3v) is 5.99. The number of nitrogens with one attached hydrogen (secondary N) is 3. The fourth-order valence-electron chi connectivity index (χ4n) is 4.09. The van der Waals surface area contributed by atoms with Crippen LogP contribution in [-0.4, -0.2) is 47.5 Å². The maximum atomic E-state index is 13.1. The Bertz CT molecular complexity index is 1210. The standard InChI is InChI=1S/C24H24N4O4/c1-32-23(30)15-4-9-20-18(12-15)19-13-28(11-10-21(19)27-20)22(29)14-2-5-16(6-3-14)25-24(31)26-17-7-8-17/h2-6,9,12,17,27H,7-8,10-11,13H2,1H3,(H2,25,26,31). The van der Waals surface area contributed by atoms with Gasteiger partial charge in [-0.3, -0.25) is 4.79 Å². The normalized spacial score (nSPS) is 15.2. The lowest BCUT2D eigenvalue weighted by atomic mass is 10.0. The van der Waals surface area contributed by atoms with E-state index in [-0.39, 0.29) is 23.9 Å². The fraction of sp³-hybridized carbons (Fsp3) is 0.292. The quantitative estimate of drug-likeness (QED) is 0.550. The van der Waals surface area contributed by atoms with Crippen LogP contribution in [0.25, 0.3) is 10.9 Å². The Morgan fingerprint density at radius 3 is 2.53 bits per heavy atom. The van der Waals surface area contributed by atoms with Gasteiger partial charge in [-0.2, -0.15) is 0 Å². The highest BCUT2D eigenvalue weighted by Crippen LogP contribution is 2.29. The highest BCUT2D eigenvalue weighted by molar-refractivity contribution is 5.98. The summed E-state index contributed by atoms with van der Waals surface area (Å²) in [6.45, 7) is 1.06. The maximum Gasteiger partial charge on any atom is 0.337 e. The summed E-state index contributed by atoms with van der Waals surface area (Å²) in [5.41, 5.74) is 4.76. The fourth-order valence-corrected chi connectivity index (χ4v) is 4.09. The number of esters is 1. The van der Waals surface area contributed by atoms with E-state index in [1.165, 1.54) is 7.11 Å². The SMILES string of the molecule is COC(=O)c1ccc2[nH]c3c(c2c1)CN(C(=O)c1ccc(NC(=O)NC2CC2)cc1)CC3. The molecule has 2 heterocycles. The molecular formula is C24H24N4O4. The van der Waals surface area contributed by atoms with Gasteiger partial charge in [-0.25, -0.2) is 9.59 Å². The van der Waals surface area contributed by atoms with Gasteiger partial charge in [0.2, 0.25) is 0 Å². The van der Waals surface area contributed by atoms with Gasteiger partial charge >= 0.3 is 12.0 Å². The van der Waals surface area contributed by atoms with Crippen LogP contribution in [0, 0.1) is 0 Å². The second-order valence-electron chi connectivity index (χ2n) is 8.26. The average molecular weight is 432 g/mol. The van der Waals surface area contributed by atoms with Crippen LogP contribution in [0.1, 0.15) is 44.8 Å². The first-order valence-electron chi connectivity index (χ1n) is 10.7. The molecule has 164 valence electrons. The van der Waals surface area contributed by atoms with Crippen LogP contribution in [0.4, 0.5) is 10.5 Å². The van der Waals surface area contributed by atoms with E-state index in [2.05, 4.69) is 15.6 Å². The molecule has 1 aromatic heterocycles. The second kappa shape index (κ2) is 8.03. The minimum Gasteiger partial charge on any atom is -0.465 e. The summed E-state index contributed by atoms with van der Waals surface area (Å²) in [5.74, 6) is -0.451. The number of benzene rings is 2. The molecule has 8 nitrogen and oxygen atoms in total. The first-order chi connectivity index (χ1) is 15.5. The molecule has 0 spiro atoms. The number of urea groups is 1. The zero-order chi connectivity index (χ0) is 22.2. The minimum atomic E-state index is -0.384. The molecule has 1 aliphatic carbocycles. The average Bonchev–Trinajstić information content (AvgIpc) is 3.55. The van der Waals surface area contributed by atoms with E-state index in [4.69, 9.17) is 4.74 Å². The smallest absolute Gasteiger partial charge is 0.337 e. The Morgan fingerprint density at radius 2 is 1.81 bits per heavy atom. The van der Waals surface area contributed by atoms with Crippen LogP contribution in [-0.2, 0) is 17.7 Å². The summed E-state index contributed by atoms with van der Waals surface area (Å²) in [7, 11) is 1.36. The molecule has 3 aromatic rings. The highest BCUT2D eigenvalue weighted by Gasteiger charge is 2.26. The van der Waals surface area contributed by atoms with Crippen molar-refractivity contribution in [2.24, 2.45) is 0 Å². The number of aromatic nitrogens is 1. The molecule has 8 heteroatoms. The van der Waals surface area contributed by atoms with Gasteiger partial charge < -0.3 is 25.3 Å². The van der Waals surface area contributed by atoms with Gasteiger partial charge in [-0.1, -0.05) is 0 Å². The van der Waals surface area contributed by atoms with E-state index in [9.17, 15) is 14.4 Å². The number of carbonyl (C=O) groups is 3. The van der Waals surface area contributed by atoms with Crippen molar-refractivity contribution in [1.29, 1.82) is 0 Å². The Labute approximate surface area is 184 Å². The van der Waals surface area contributed by atoms with Gasteiger partial charge in [0, 0.05) is 59.0 Å². The number of hydrogen-bond acceptors (Lipinski definition) is 4. The molecule has 3 amide bonds. The molecule has 1 aliphatic heterocycles. The van der Waals surface area contributed by atoms with Crippen molar-refractivity contribution in [3.05, 3.63) is 64.8 Å². The van der Waals surface area contributed by atoms with Gasteiger partial charge in [0.25, 0.3) is 5.91 Å². The minimum absolute atomic E-state index is 0.0666. The number of fused-ring (bicyclic) bond motifs is 3. The summed E-state index contributed by atoms with van der Waals surface area (Å²) < 4.78 is 4.83. The number of amides is 3. The molecule has 5 rings (SSSR count). The number of anilines is 1. The first-order valence-corrected chi connectivity index (χ1v) is 10.7. The van der Waals surface area contributed by atoms with Gasteiger partial charge in [0.1, 0.15) is 0 Å². The second-order valence-corrected chi connectivity index (χ2v) is 8.26. The maximum absolute atomic E-state index is 13.1. The Morgan fingerprint density at radius 1 is 1.06 bits per heavy atom. The van der Waals surface area contributed by atoms with Gasteiger partial charge in [-0.15, -0.1) is 0 Å². The van der Waals surface area contributed by atoms with Crippen LogP contribution in [0.5, 0.6) is 0 Å². The van der Waals surface area contributed by atoms with Crippen molar-refractivity contribution in [1.82, 2.24) is 15.2 Å². The van der Waals surface area contributed by atoms with E-state index in [1.807, 2.05) is 17.0 Å². The van der Waals surface area contributed by atoms with Crippen molar-refractivity contribution in [2.45, 2.75) is 31.8 Å². The van der Waals surface area contributed by atoms with E-state index in [1.54, 1.807) is 30.3 Å². The topological polar surface area (TPSA) is 104 Å². The van der Waals surface area contributed by atoms with E-state index < -0.39 is 0 Å². The summed E-state index contributed by atoms with van der Waals surface area (Å²) >= 11 is 0. The molecule has 3 N–H and O–H groups in total. The first kappa shape index (κ1) is 20.1. The van der Waals surface area contributed by atoms with Crippen molar-refractivity contribution in [2.75, 3.05) is 19.0 Å². The number of aromatic amines is 1. The van der Waals surface area contributed by atoms with Crippen molar-refractivity contribution in [3.63, 3.8) is 0 Å². The molecule has 1 saturated carbocycles. The van der Waals surface area contributed by atoms with Gasteiger partial charge in [0.05, 0.1) is 12.7 Å². The molecule has 0 saturated heterocycles.